The largest absolute Gasteiger partial charge is 0.478 e. The van der Waals surface area contributed by atoms with Gasteiger partial charge in [0.25, 0.3) is 0 Å². The van der Waals surface area contributed by atoms with Gasteiger partial charge in [0.1, 0.15) is 11.6 Å². The Morgan fingerprint density at radius 2 is 1.83 bits per heavy atom. The van der Waals surface area contributed by atoms with Crippen molar-refractivity contribution >= 4 is 18.0 Å². The molecule has 11 heteroatoms. The van der Waals surface area contributed by atoms with Crippen LogP contribution < -0.4 is 5.73 Å². The highest BCUT2D eigenvalue weighted by molar-refractivity contribution is 5.88. The second kappa shape index (κ2) is 8.50. The summed E-state index contributed by atoms with van der Waals surface area (Å²) in [6, 6.07) is 1.71. The summed E-state index contributed by atoms with van der Waals surface area (Å²) in [5, 5.41) is 8.97. The van der Waals surface area contributed by atoms with Crippen molar-refractivity contribution in [1.29, 1.82) is 0 Å². The van der Waals surface area contributed by atoms with E-state index in [1.54, 1.807) is 25.7 Å². The molecular formula is C19H24F3N3O5. The number of halogens is 3. The van der Waals surface area contributed by atoms with Gasteiger partial charge in [0.2, 0.25) is 5.91 Å². The number of hydrogen-bond donors (Lipinski definition) is 2. The van der Waals surface area contributed by atoms with Gasteiger partial charge >= 0.3 is 18.2 Å². The molecule has 0 radical (unpaired) electrons. The summed E-state index contributed by atoms with van der Waals surface area (Å²) < 4.78 is 45.5. The van der Waals surface area contributed by atoms with E-state index in [0.717, 1.165) is 12.1 Å². The van der Waals surface area contributed by atoms with Crippen molar-refractivity contribution in [2.45, 2.75) is 45.1 Å². The maximum absolute atomic E-state index is 13.4. The first-order chi connectivity index (χ1) is 13.7. The maximum Gasteiger partial charge on any atom is 0.416 e. The Labute approximate surface area is 171 Å². The van der Waals surface area contributed by atoms with E-state index in [9.17, 15) is 27.6 Å². The second-order valence-corrected chi connectivity index (χ2v) is 8.00. The summed E-state index contributed by atoms with van der Waals surface area (Å²) in [4.78, 5) is 38.0. The fourth-order valence-corrected chi connectivity index (χ4v) is 3.12. The lowest BCUT2D eigenvalue weighted by molar-refractivity contribution is -0.138. The zero-order valence-electron chi connectivity index (χ0n) is 16.8. The van der Waals surface area contributed by atoms with Crippen LogP contribution in [0, 0.1) is 0 Å². The molecule has 8 nitrogen and oxygen atoms in total. The molecule has 30 heavy (non-hydrogen) atoms. The van der Waals surface area contributed by atoms with Crippen LogP contribution in [0.25, 0.3) is 0 Å². The summed E-state index contributed by atoms with van der Waals surface area (Å²) in [7, 11) is 0. The summed E-state index contributed by atoms with van der Waals surface area (Å²) >= 11 is 0. The summed E-state index contributed by atoms with van der Waals surface area (Å²) in [6.45, 7) is 4.95. The van der Waals surface area contributed by atoms with Crippen LogP contribution >= 0.6 is 0 Å². The highest BCUT2D eigenvalue weighted by Crippen LogP contribution is 2.33. The molecule has 0 bridgehead atoms. The number of benzene rings is 1. The number of aromatic carboxylic acids is 1. The number of alkyl halides is 3. The summed E-state index contributed by atoms with van der Waals surface area (Å²) in [6.07, 6.45) is -5.48. The number of hydrogen-bond acceptors (Lipinski definition) is 5. The molecule has 1 aromatic rings. The first-order valence-corrected chi connectivity index (χ1v) is 9.14. The number of amides is 2. The Bertz CT molecular complexity index is 836. The lowest BCUT2D eigenvalue weighted by atomic mass is 10.0. The number of nitrogens with zero attached hydrogens (tertiary/aromatic N) is 2. The van der Waals surface area contributed by atoms with Gasteiger partial charge in [0.05, 0.1) is 11.1 Å². The minimum atomic E-state index is -4.75. The number of carboxylic acids is 1. The fraction of sp³-hybridized carbons (Fsp3) is 0.526. The van der Waals surface area contributed by atoms with Crippen molar-refractivity contribution in [2.75, 3.05) is 19.6 Å². The molecule has 3 N–H and O–H groups in total. The number of piperazine rings is 1. The molecule has 1 atom stereocenters. The van der Waals surface area contributed by atoms with Gasteiger partial charge in [0.15, 0.2) is 0 Å². The average Bonchev–Trinajstić information content (AvgIpc) is 2.59. The monoisotopic (exact) mass is 431 g/mol. The molecule has 2 amide bonds. The average molecular weight is 431 g/mol. The predicted molar refractivity (Wildman–Crippen MR) is 99.6 cm³/mol. The van der Waals surface area contributed by atoms with Crippen LogP contribution in [0.4, 0.5) is 18.0 Å². The third kappa shape index (κ3) is 5.85. The van der Waals surface area contributed by atoms with Crippen LogP contribution in [0.15, 0.2) is 18.2 Å². The van der Waals surface area contributed by atoms with Crippen LogP contribution in [0.3, 0.4) is 0 Å². The van der Waals surface area contributed by atoms with E-state index in [4.69, 9.17) is 15.6 Å². The Morgan fingerprint density at radius 1 is 1.20 bits per heavy atom. The van der Waals surface area contributed by atoms with Gasteiger partial charge < -0.3 is 15.6 Å². The number of carbonyl (C=O) groups excluding carboxylic acids is 2. The first-order valence-electron chi connectivity index (χ1n) is 9.14. The van der Waals surface area contributed by atoms with Crippen LogP contribution in [0.1, 0.15) is 42.3 Å². The van der Waals surface area contributed by atoms with E-state index in [-0.39, 0.29) is 31.7 Å². The first kappa shape index (κ1) is 23.5. The Balaban J connectivity index is 2.22. The van der Waals surface area contributed by atoms with Crippen molar-refractivity contribution in [2.24, 2.45) is 5.73 Å². The quantitative estimate of drug-likeness (QED) is 0.757. The molecule has 1 fully saturated rings. The molecular weight excluding hydrogens is 407 g/mol. The van der Waals surface area contributed by atoms with E-state index < -0.39 is 46.9 Å². The predicted octanol–water partition coefficient (Wildman–Crippen LogP) is 2.31. The van der Waals surface area contributed by atoms with Gasteiger partial charge in [-0.1, -0.05) is 6.07 Å². The molecule has 0 aromatic heterocycles. The van der Waals surface area contributed by atoms with Gasteiger partial charge in [0, 0.05) is 26.2 Å². The summed E-state index contributed by atoms with van der Waals surface area (Å²) in [5.41, 5.74) is 2.94. The standard InChI is InChI=1S/C19H24F3N3O5/c1-18(2,3)30-17(29)25-7-6-24(10-14(25)15(23)26)9-12-5-4-11(16(27)28)8-13(12)19(20,21)22/h4-5,8,14H,6-7,9-10H2,1-3H3,(H2,23,26)(H,27,28). The van der Waals surface area contributed by atoms with Crippen molar-refractivity contribution < 1.29 is 37.4 Å². The van der Waals surface area contributed by atoms with E-state index in [1.807, 2.05) is 0 Å². The van der Waals surface area contributed by atoms with E-state index in [2.05, 4.69) is 0 Å². The number of carboxylic acid groups (broad SMARTS) is 1. The highest BCUT2D eigenvalue weighted by Gasteiger charge is 2.38. The molecule has 1 aromatic carbocycles. The lowest BCUT2D eigenvalue weighted by Gasteiger charge is -2.40. The molecule has 166 valence electrons. The number of rotatable bonds is 4. The van der Waals surface area contributed by atoms with Crippen LogP contribution in [0.2, 0.25) is 0 Å². The van der Waals surface area contributed by atoms with Gasteiger partial charge in [-0.05, 0) is 38.5 Å². The zero-order valence-corrected chi connectivity index (χ0v) is 16.8. The normalized spacial score (nSPS) is 18.2. The molecule has 1 saturated heterocycles. The highest BCUT2D eigenvalue weighted by atomic mass is 19.4. The molecule has 1 heterocycles. The van der Waals surface area contributed by atoms with Crippen molar-refractivity contribution in [3.05, 3.63) is 34.9 Å². The topological polar surface area (TPSA) is 113 Å². The minimum Gasteiger partial charge on any atom is -0.478 e. The summed E-state index contributed by atoms with van der Waals surface area (Å²) in [5.74, 6) is -2.27. The molecule has 1 aliphatic rings. The molecule has 1 unspecified atom stereocenters. The van der Waals surface area contributed by atoms with E-state index >= 15 is 0 Å². The number of carbonyl (C=O) groups is 3. The van der Waals surface area contributed by atoms with Gasteiger partial charge in [-0.25, -0.2) is 9.59 Å². The van der Waals surface area contributed by atoms with Crippen molar-refractivity contribution in [1.82, 2.24) is 9.80 Å². The van der Waals surface area contributed by atoms with Crippen LogP contribution in [0.5, 0.6) is 0 Å². The molecule has 0 spiro atoms. The molecule has 0 saturated carbocycles. The number of primary amides is 1. The van der Waals surface area contributed by atoms with E-state index in [0.29, 0.717) is 6.07 Å². The molecule has 1 aliphatic heterocycles. The third-order valence-corrected chi connectivity index (χ3v) is 4.48. The lowest BCUT2D eigenvalue weighted by Crippen LogP contribution is -2.60. The molecule has 0 aliphatic carbocycles. The van der Waals surface area contributed by atoms with Crippen LogP contribution in [-0.2, 0) is 22.3 Å². The SMILES string of the molecule is CC(C)(C)OC(=O)N1CCN(Cc2ccc(C(=O)O)cc2C(F)(F)F)CC1C(N)=O. The zero-order chi connectivity index (χ0) is 22.9. The van der Waals surface area contributed by atoms with Crippen molar-refractivity contribution in [3.8, 4) is 0 Å². The second-order valence-electron chi connectivity index (χ2n) is 8.00. The number of ether oxygens (including phenoxy) is 1. The Kier molecular flexibility index (Phi) is 6.65. The smallest absolute Gasteiger partial charge is 0.416 e. The van der Waals surface area contributed by atoms with E-state index in [1.165, 1.54) is 4.90 Å². The Hall–Kier alpha value is -2.82. The van der Waals surface area contributed by atoms with Gasteiger partial charge in [-0.15, -0.1) is 0 Å². The van der Waals surface area contributed by atoms with Crippen molar-refractivity contribution in [3.63, 3.8) is 0 Å². The van der Waals surface area contributed by atoms with Crippen LogP contribution in [-0.4, -0.2) is 64.2 Å². The Morgan fingerprint density at radius 3 is 2.33 bits per heavy atom. The third-order valence-electron chi connectivity index (χ3n) is 4.48. The fourth-order valence-electron chi connectivity index (χ4n) is 3.12. The maximum atomic E-state index is 13.4. The molecule has 2 rings (SSSR count). The minimum absolute atomic E-state index is 0.0388. The van der Waals surface area contributed by atoms with Gasteiger partial charge in [-0.3, -0.25) is 14.6 Å². The van der Waals surface area contributed by atoms with Gasteiger partial charge in [-0.2, -0.15) is 13.2 Å². The number of nitrogens with two attached hydrogens (primary N) is 1.